The van der Waals surface area contributed by atoms with E-state index >= 15 is 0 Å². The van der Waals surface area contributed by atoms with Crippen LogP contribution in [-0.4, -0.2) is 48.6 Å². The number of ether oxygens (including phenoxy) is 1. The number of urea groups is 1. The van der Waals surface area contributed by atoms with Crippen molar-refractivity contribution in [3.05, 3.63) is 54.0 Å². The molecular weight excluding hydrogens is 318 g/mol. The predicted octanol–water partition coefficient (Wildman–Crippen LogP) is 2.63. The topological polar surface area (TPSA) is 58.0 Å². The third-order valence-corrected chi connectivity index (χ3v) is 4.88. The molecule has 1 atom stereocenters. The molecule has 6 heteroatoms. The molecule has 1 aromatic carbocycles. The van der Waals surface area contributed by atoms with Gasteiger partial charge in [0.15, 0.2) is 0 Å². The molecule has 0 radical (unpaired) electrons. The predicted molar refractivity (Wildman–Crippen MR) is 93.4 cm³/mol. The fraction of sp³-hybridized carbons (Fsp3) is 0.421. The number of nitrogens with zero attached hydrogens (tertiary/aromatic N) is 2. The Hall–Kier alpha value is -2.47. The van der Waals surface area contributed by atoms with Crippen molar-refractivity contribution >= 4 is 6.03 Å². The van der Waals surface area contributed by atoms with E-state index in [4.69, 9.17) is 9.15 Å². The first-order valence-electron chi connectivity index (χ1n) is 8.81. The highest BCUT2D eigenvalue weighted by molar-refractivity contribution is 5.75. The average molecular weight is 341 g/mol. The van der Waals surface area contributed by atoms with Crippen molar-refractivity contribution in [1.82, 2.24) is 15.1 Å². The van der Waals surface area contributed by atoms with Gasteiger partial charge in [-0.1, -0.05) is 18.2 Å². The van der Waals surface area contributed by atoms with Crippen molar-refractivity contribution < 1.29 is 13.9 Å². The monoisotopic (exact) mass is 341 g/mol. The van der Waals surface area contributed by atoms with E-state index in [-0.39, 0.29) is 12.1 Å². The highest BCUT2D eigenvalue weighted by atomic mass is 16.5. The first-order valence-corrected chi connectivity index (χ1v) is 8.81. The SMILES string of the molecule is O=C(N[C@@H]1CCOc2ccccc21)N1CCN(Cc2ccco2)CC1. The van der Waals surface area contributed by atoms with Crippen LogP contribution in [0.5, 0.6) is 5.75 Å². The highest BCUT2D eigenvalue weighted by Gasteiger charge is 2.26. The van der Waals surface area contributed by atoms with E-state index in [1.165, 1.54) is 0 Å². The summed E-state index contributed by atoms with van der Waals surface area (Å²) in [6.07, 6.45) is 2.51. The van der Waals surface area contributed by atoms with Gasteiger partial charge in [0, 0.05) is 38.2 Å². The molecule has 132 valence electrons. The summed E-state index contributed by atoms with van der Waals surface area (Å²) in [6, 6.07) is 11.9. The van der Waals surface area contributed by atoms with E-state index in [1.807, 2.05) is 41.3 Å². The highest BCUT2D eigenvalue weighted by Crippen LogP contribution is 2.31. The maximum atomic E-state index is 12.6. The van der Waals surface area contributed by atoms with E-state index in [2.05, 4.69) is 10.2 Å². The second kappa shape index (κ2) is 7.19. The molecule has 0 unspecified atom stereocenters. The molecule has 1 fully saturated rings. The molecule has 0 aliphatic carbocycles. The van der Waals surface area contributed by atoms with Gasteiger partial charge >= 0.3 is 6.03 Å². The number of rotatable bonds is 3. The lowest BCUT2D eigenvalue weighted by Gasteiger charge is -2.36. The van der Waals surface area contributed by atoms with Crippen LogP contribution in [0.25, 0.3) is 0 Å². The van der Waals surface area contributed by atoms with Crippen LogP contribution in [0.4, 0.5) is 4.79 Å². The number of nitrogens with one attached hydrogen (secondary N) is 1. The zero-order valence-corrected chi connectivity index (χ0v) is 14.2. The molecule has 1 aromatic heterocycles. The summed E-state index contributed by atoms with van der Waals surface area (Å²) in [5.41, 5.74) is 1.07. The largest absolute Gasteiger partial charge is 0.493 e. The van der Waals surface area contributed by atoms with Gasteiger partial charge in [-0.2, -0.15) is 0 Å². The minimum Gasteiger partial charge on any atom is -0.493 e. The fourth-order valence-corrected chi connectivity index (χ4v) is 3.46. The molecule has 6 nitrogen and oxygen atoms in total. The number of benzene rings is 1. The minimum atomic E-state index is 0.0133. The molecule has 25 heavy (non-hydrogen) atoms. The lowest BCUT2D eigenvalue weighted by Crippen LogP contribution is -2.52. The van der Waals surface area contributed by atoms with Crippen LogP contribution < -0.4 is 10.1 Å². The molecule has 0 saturated carbocycles. The summed E-state index contributed by atoms with van der Waals surface area (Å²) in [5.74, 6) is 1.85. The molecule has 0 bridgehead atoms. The van der Waals surface area contributed by atoms with Gasteiger partial charge in [-0.05, 0) is 18.2 Å². The summed E-state index contributed by atoms with van der Waals surface area (Å²) in [6.45, 7) is 4.63. The normalized spacial score (nSPS) is 20.6. The third kappa shape index (κ3) is 3.64. The van der Waals surface area contributed by atoms with Gasteiger partial charge in [-0.3, -0.25) is 4.90 Å². The van der Waals surface area contributed by atoms with Gasteiger partial charge in [-0.25, -0.2) is 4.79 Å². The maximum absolute atomic E-state index is 12.6. The molecule has 2 amide bonds. The van der Waals surface area contributed by atoms with Gasteiger partial charge in [0.1, 0.15) is 11.5 Å². The lowest BCUT2D eigenvalue weighted by molar-refractivity contribution is 0.126. The summed E-state index contributed by atoms with van der Waals surface area (Å²) in [4.78, 5) is 16.8. The number of hydrogen-bond donors (Lipinski definition) is 1. The van der Waals surface area contributed by atoms with E-state index in [1.54, 1.807) is 6.26 Å². The molecule has 4 rings (SSSR count). The first kappa shape index (κ1) is 16.0. The number of hydrogen-bond acceptors (Lipinski definition) is 4. The van der Waals surface area contributed by atoms with E-state index < -0.39 is 0 Å². The number of carbonyl (C=O) groups excluding carboxylic acids is 1. The fourth-order valence-electron chi connectivity index (χ4n) is 3.46. The van der Waals surface area contributed by atoms with Crippen molar-refractivity contribution in [1.29, 1.82) is 0 Å². The molecule has 1 N–H and O–H groups in total. The first-order chi connectivity index (χ1) is 12.3. The second-order valence-corrected chi connectivity index (χ2v) is 6.52. The number of fused-ring (bicyclic) bond motifs is 1. The van der Waals surface area contributed by atoms with Gasteiger partial charge in [0.25, 0.3) is 0 Å². The Kier molecular flexibility index (Phi) is 4.61. The Balaban J connectivity index is 1.31. The maximum Gasteiger partial charge on any atom is 0.317 e. The number of para-hydroxylation sites is 1. The van der Waals surface area contributed by atoms with Crippen LogP contribution in [0.15, 0.2) is 47.1 Å². The number of piperazine rings is 1. The van der Waals surface area contributed by atoms with Crippen LogP contribution in [0.2, 0.25) is 0 Å². The molecule has 2 aliphatic heterocycles. The number of carbonyl (C=O) groups is 1. The van der Waals surface area contributed by atoms with Crippen LogP contribution in [0, 0.1) is 0 Å². The van der Waals surface area contributed by atoms with Crippen molar-refractivity contribution in [3.8, 4) is 5.75 Å². The second-order valence-electron chi connectivity index (χ2n) is 6.52. The number of furan rings is 1. The zero-order chi connectivity index (χ0) is 17.1. The smallest absolute Gasteiger partial charge is 0.317 e. The van der Waals surface area contributed by atoms with E-state index in [9.17, 15) is 4.79 Å². The summed E-state index contributed by atoms with van der Waals surface area (Å²) < 4.78 is 11.1. The van der Waals surface area contributed by atoms with Gasteiger partial charge < -0.3 is 19.4 Å². The Bertz CT molecular complexity index is 708. The summed E-state index contributed by atoms with van der Waals surface area (Å²) in [5, 5.41) is 3.18. The molecule has 2 aliphatic rings. The Labute approximate surface area is 147 Å². The van der Waals surface area contributed by atoms with Crippen molar-refractivity contribution in [3.63, 3.8) is 0 Å². The quantitative estimate of drug-likeness (QED) is 0.932. The average Bonchev–Trinajstić information content (AvgIpc) is 3.16. The van der Waals surface area contributed by atoms with Crippen LogP contribution in [0.1, 0.15) is 23.8 Å². The standard InChI is InChI=1S/C19H23N3O3/c23-19(20-17-7-13-25-18-6-2-1-5-16(17)18)22-10-8-21(9-11-22)14-15-4-3-12-24-15/h1-6,12,17H,7-11,13-14H2,(H,20,23)/t17-/m1/s1. The zero-order valence-electron chi connectivity index (χ0n) is 14.2. The van der Waals surface area contributed by atoms with Crippen molar-refractivity contribution in [2.75, 3.05) is 32.8 Å². The summed E-state index contributed by atoms with van der Waals surface area (Å²) in [7, 11) is 0. The van der Waals surface area contributed by atoms with Crippen molar-refractivity contribution in [2.45, 2.75) is 19.0 Å². The van der Waals surface area contributed by atoms with Crippen LogP contribution in [0.3, 0.4) is 0 Å². The van der Waals surface area contributed by atoms with Gasteiger partial charge in [0.2, 0.25) is 0 Å². The Morgan fingerprint density at radius 3 is 2.76 bits per heavy atom. The van der Waals surface area contributed by atoms with Crippen LogP contribution >= 0.6 is 0 Å². The molecule has 1 saturated heterocycles. The minimum absolute atomic E-state index is 0.0133. The molecule has 2 aromatic rings. The van der Waals surface area contributed by atoms with E-state index in [0.29, 0.717) is 6.61 Å². The Morgan fingerprint density at radius 2 is 1.96 bits per heavy atom. The Morgan fingerprint density at radius 1 is 1.12 bits per heavy atom. The lowest BCUT2D eigenvalue weighted by atomic mass is 10.0. The van der Waals surface area contributed by atoms with Crippen molar-refractivity contribution in [2.24, 2.45) is 0 Å². The van der Waals surface area contributed by atoms with E-state index in [0.717, 1.165) is 56.2 Å². The number of amides is 2. The van der Waals surface area contributed by atoms with Gasteiger partial charge in [-0.15, -0.1) is 0 Å². The third-order valence-electron chi connectivity index (χ3n) is 4.88. The molecule has 3 heterocycles. The molecular formula is C19H23N3O3. The molecule has 0 spiro atoms. The summed E-state index contributed by atoms with van der Waals surface area (Å²) >= 11 is 0. The van der Waals surface area contributed by atoms with Crippen LogP contribution in [-0.2, 0) is 6.54 Å². The van der Waals surface area contributed by atoms with Gasteiger partial charge in [0.05, 0.1) is 25.5 Å².